The zero-order valence-corrected chi connectivity index (χ0v) is 10.4. The molecule has 1 nitrogen and oxygen atoms in total. The lowest BCUT2D eigenvalue weighted by atomic mass is 9.81. The van der Waals surface area contributed by atoms with E-state index in [-0.39, 0.29) is 0 Å². The van der Waals surface area contributed by atoms with E-state index in [4.69, 9.17) is 0 Å². The molecule has 1 fully saturated rings. The van der Waals surface area contributed by atoms with Crippen molar-refractivity contribution in [2.75, 3.05) is 11.5 Å². The zero-order chi connectivity index (χ0) is 10.1. The molecule has 0 aliphatic carbocycles. The Morgan fingerprint density at radius 3 is 2.00 bits per heavy atom. The molecule has 0 unspecified atom stereocenters. The second-order valence-corrected chi connectivity index (χ2v) is 7.07. The molecule has 0 radical (unpaired) electrons. The van der Waals surface area contributed by atoms with Crippen LogP contribution in [0.15, 0.2) is 0 Å². The highest BCUT2D eigenvalue weighted by atomic mass is 32.2. The summed E-state index contributed by atoms with van der Waals surface area (Å²) in [5.74, 6) is 2.60. The second-order valence-electron chi connectivity index (χ2n) is 6.00. The number of hydrogen-bond donors (Lipinski definition) is 1. The smallest absolute Gasteiger partial charge is 0.0253 e. The van der Waals surface area contributed by atoms with Crippen LogP contribution in [-0.2, 0) is 0 Å². The van der Waals surface area contributed by atoms with Crippen LogP contribution < -0.4 is 5.32 Å². The first-order valence-electron chi connectivity index (χ1n) is 5.14. The van der Waals surface area contributed by atoms with Gasteiger partial charge in [-0.1, -0.05) is 20.8 Å². The van der Waals surface area contributed by atoms with E-state index in [1.165, 1.54) is 17.9 Å². The Labute approximate surface area is 87.1 Å². The van der Waals surface area contributed by atoms with Gasteiger partial charge in [-0.3, -0.25) is 0 Å². The molecule has 0 spiro atoms. The third-order valence-corrected chi connectivity index (χ3v) is 3.48. The molecule has 1 heterocycles. The van der Waals surface area contributed by atoms with E-state index >= 15 is 0 Å². The largest absolute Gasteiger partial charge is 0.307 e. The van der Waals surface area contributed by atoms with Crippen LogP contribution in [0.1, 0.15) is 41.0 Å². The van der Waals surface area contributed by atoms with Crippen LogP contribution >= 0.6 is 11.8 Å². The van der Waals surface area contributed by atoms with Crippen molar-refractivity contribution in [2.45, 2.75) is 52.6 Å². The Kier molecular flexibility index (Phi) is 3.34. The van der Waals surface area contributed by atoms with Gasteiger partial charge in [-0.25, -0.2) is 0 Å². The summed E-state index contributed by atoms with van der Waals surface area (Å²) in [7, 11) is 0. The third kappa shape index (κ3) is 4.37. The Morgan fingerprint density at radius 1 is 1.15 bits per heavy atom. The maximum absolute atomic E-state index is 3.73. The maximum atomic E-state index is 3.73. The first-order chi connectivity index (χ1) is 5.79. The molecule has 0 aromatic rings. The minimum absolute atomic E-state index is 0.296. The summed E-state index contributed by atoms with van der Waals surface area (Å²) in [6.07, 6.45) is 1.24. The molecular weight excluding hydrogens is 178 g/mol. The van der Waals surface area contributed by atoms with E-state index in [2.05, 4.69) is 39.9 Å². The summed E-state index contributed by atoms with van der Waals surface area (Å²) >= 11 is 2.04. The fraction of sp³-hybridized carbons (Fsp3) is 1.00. The SMILES string of the molecule is CC(C)(C)CC(C)(C)NC1CSC1. The molecule has 1 rings (SSSR count). The summed E-state index contributed by atoms with van der Waals surface area (Å²) in [6.45, 7) is 11.6. The molecule has 1 N–H and O–H groups in total. The summed E-state index contributed by atoms with van der Waals surface area (Å²) in [5.41, 5.74) is 0.720. The van der Waals surface area contributed by atoms with E-state index in [0.717, 1.165) is 6.04 Å². The summed E-state index contributed by atoms with van der Waals surface area (Å²) < 4.78 is 0. The van der Waals surface area contributed by atoms with Gasteiger partial charge >= 0.3 is 0 Å². The maximum Gasteiger partial charge on any atom is 0.0253 e. The predicted octanol–water partition coefficient (Wildman–Crippen LogP) is 2.91. The Balaban J connectivity index is 2.35. The quantitative estimate of drug-likeness (QED) is 0.753. The zero-order valence-electron chi connectivity index (χ0n) is 9.61. The fourth-order valence-corrected chi connectivity index (χ4v) is 2.89. The number of nitrogens with one attached hydrogen (secondary N) is 1. The van der Waals surface area contributed by atoms with Gasteiger partial charge in [-0.2, -0.15) is 11.8 Å². The van der Waals surface area contributed by atoms with Crippen LogP contribution in [0.2, 0.25) is 0 Å². The molecule has 13 heavy (non-hydrogen) atoms. The molecule has 1 saturated heterocycles. The van der Waals surface area contributed by atoms with E-state index in [9.17, 15) is 0 Å². The Morgan fingerprint density at radius 2 is 1.69 bits per heavy atom. The molecule has 1 aliphatic rings. The highest BCUT2D eigenvalue weighted by Gasteiger charge is 2.29. The number of thioether (sulfide) groups is 1. The topological polar surface area (TPSA) is 12.0 Å². The molecule has 0 atom stereocenters. The number of hydrogen-bond acceptors (Lipinski definition) is 2. The van der Waals surface area contributed by atoms with E-state index in [0.29, 0.717) is 11.0 Å². The van der Waals surface area contributed by atoms with Gasteiger partial charge < -0.3 is 5.32 Å². The van der Waals surface area contributed by atoms with Crippen molar-refractivity contribution >= 4 is 11.8 Å². The van der Waals surface area contributed by atoms with Crippen LogP contribution in [-0.4, -0.2) is 23.1 Å². The van der Waals surface area contributed by atoms with Gasteiger partial charge in [0.1, 0.15) is 0 Å². The van der Waals surface area contributed by atoms with Crippen molar-refractivity contribution < 1.29 is 0 Å². The van der Waals surface area contributed by atoms with Gasteiger partial charge in [0.25, 0.3) is 0 Å². The summed E-state index contributed by atoms with van der Waals surface area (Å²) in [5, 5.41) is 3.73. The van der Waals surface area contributed by atoms with Crippen molar-refractivity contribution in [3.8, 4) is 0 Å². The van der Waals surface area contributed by atoms with Crippen LogP contribution in [0.5, 0.6) is 0 Å². The lowest BCUT2D eigenvalue weighted by Gasteiger charge is -2.39. The van der Waals surface area contributed by atoms with Gasteiger partial charge in [-0.15, -0.1) is 0 Å². The number of rotatable bonds is 3. The van der Waals surface area contributed by atoms with Gasteiger partial charge in [0, 0.05) is 23.1 Å². The van der Waals surface area contributed by atoms with Crippen LogP contribution in [0.3, 0.4) is 0 Å². The summed E-state index contributed by atoms with van der Waals surface area (Å²) in [6, 6.07) is 0.766. The van der Waals surface area contributed by atoms with Crippen molar-refractivity contribution in [3.63, 3.8) is 0 Å². The highest BCUT2D eigenvalue weighted by Crippen LogP contribution is 2.29. The monoisotopic (exact) mass is 201 g/mol. The van der Waals surface area contributed by atoms with Crippen LogP contribution in [0.25, 0.3) is 0 Å². The van der Waals surface area contributed by atoms with Crippen molar-refractivity contribution in [2.24, 2.45) is 5.41 Å². The van der Waals surface area contributed by atoms with Gasteiger partial charge in [0.15, 0.2) is 0 Å². The molecule has 0 bridgehead atoms. The van der Waals surface area contributed by atoms with E-state index in [1.807, 2.05) is 11.8 Å². The average Bonchev–Trinajstić information content (AvgIpc) is 1.73. The fourth-order valence-electron chi connectivity index (χ4n) is 2.25. The molecule has 0 aromatic carbocycles. The molecule has 0 aromatic heterocycles. The van der Waals surface area contributed by atoms with Gasteiger partial charge in [-0.05, 0) is 25.7 Å². The second kappa shape index (κ2) is 3.82. The third-order valence-electron chi connectivity index (χ3n) is 2.21. The van der Waals surface area contributed by atoms with Gasteiger partial charge in [0.05, 0.1) is 0 Å². The van der Waals surface area contributed by atoms with E-state index < -0.39 is 0 Å². The standard InChI is InChI=1S/C11H23NS/c1-10(2,3)8-11(4,5)12-9-6-13-7-9/h9,12H,6-8H2,1-5H3. The predicted molar refractivity (Wildman–Crippen MR) is 62.4 cm³/mol. The Bertz CT molecular complexity index is 165. The normalized spacial score (nSPS) is 20.1. The Hall–Kier alpha value is 0.310. The van der Waals surface area contributed by atoms with E-state index in [1.54, 1.807) is 0 Å². The summed E-state index contributed by atoms with van der Waals surface area (Å²) in [4.78, 5) is 0. The van der Waals surface area contributed by atoms with Crippen molar-refractivity contribution in [1.29, 1.82) is 0 Å². The molecule has 1 aliphatic heterocycles. The first kappa shape index (κ1) is 11.4. The highest BCUT2D eigenvalue weighted by molar-refractivity contribution is 8.00. The lowest BCUT2D eigenvalue weighted by molar-refractivity contribution is 0.229. The molecule has 78 valence electrons. The van der Waals surface area contributed by atoms with Crippen molar-refractivity contribution in [3.05, 3.63) is 0 Å². The van der Waals surface area contributed by atoms with Crippen molar-refractivity contribution in [1.82, 2.24) is 5.32 Å². The minimum atomic E-state index is 0.296. The first-order valence-corrected chi connectivity index (χ1v) is 6.29. The molecular formula is C11H23NS. The lowest BCUT2D eigenvalue weighted by Crippen LogP contribution is -2.53. The molecule has 2 heteroatoms. The van der Waals surface area contributed by atoms with Crippen LogP contribution in [0, 0.1) is 5.41 Å². The van der Waals surface area contributed by atoms with Crippen LogP contribution in [0.4, 0.5) is 0 Å². The molecule has 0 amide bonds. The average molecular weight is 201 g/mol. The molecule has 0 saturated carbocycles. The minimum Gasteiger partial charge on any atom is -0.307 e. The van der Waals surface area contributed by atoms with Gasteiger partial charge in [0.2, 0.25) is 0 Å².